The Kier molecular flexibility index (Phi) is 3.39. The molecule has 0 spiro atoms. The lowest BCUT2D eigenvalue weighted by Crippen LogP contribution is -2.54. The molecule has 2 N–H and O–H groups in total. The lowest BCUT2D eigenvalue weighted by Gasteiger charge is -2.54. The van der Waals surface area contributed by atoms with Crippen molar-refractivity contribution in [3.05, 3.63) is 12.2 Å². The van der Waals surface area contributed by atoms with Crippen LogP contribution in [0.15, 0.2) is 12.2 Å². The maximum Gasteiger partial charge on any atom is 0.0642 e. The molecule has 0 bridgehead atoms. The van der Waals surface area contributed by atoms with Gasteiger partial charge in [0.25, 0.3) is 0 Å². The molecule has 0 aromatic heterocycles. The van der Waals surface area contributed by atoms with Crippen molar-refractivity contribution in [2.75, 3.05) is 0 Å². The van der Waals surface area contributed by atoms with E-state index in [2.05, 4.69) is 27.4 Å². The Hall–Kier alpha value is -0.340. The number of rotatable bonds is 1. The average molecular weight is 238 g/mol. The smallest absolute Gasteiger partial charge is 0.0642 e. The summed E-state index contributed by atoms with van der Waals surface area (Å²) in [7, 11) is 0. The van der Waals surface area contributed by atoms with Gasteiger partial charge in [-0.2, -0.15) is 0 Å². The first kappa shape index (κ1) is 13.1. The highest BCUT2D eigenvalue weighted by molar-refractivity contribution is 5.17. The summed E-state index contributed by atoms with van der Waals surface area (Å²) in [5.41, 5.74) is 0.996. The number of aliphatic hydroxyl groups excluding tert-OH is 2. The molecular weight excluding hydrogens is 212 g/mol. The summed E-state index contributed by atoms with van der Waals surface area (Å²) in [6.45, 7) is 10.6. The lowest BCUT2D eigenvalue weighted by atomic mass is 9.53. The second kappa shape index (κ2) is 4.40. The van der Waals surface area contributed by atoms with Gasteiger partial charge < -0.3 is 10.2 Å². The minimum atomic E-state index is -0.323. The summed E-state index contributed by atoms with van der Waals surface area (Å²) in [5, 5.41) is 20.9. The van der Waals surface area contributed by atoms with Crippen LogP contribution in [0.4, 0.5) is 0 Å². The Bertz CT molecular complexity index is 310. The Morgan fingerprint density at radius 3 is 2.53 bits per heavy atom. The van der Waals surface area contributed by atoms with Crippen LogP contribution in [0, 0.1) is 23.2 Å². The van der Waals surface area contributed by atoms with Gasteiger partial charge in [0.2, 0.25) is 0 Å². The van der Waals surface area contributed by atoms with Crippen molar-refractivity contribution in [2.45, 2.75) is 58.7 Å². The fourth-order valence-corrected chi connectivity index (χ4v) is 4.06. The van der Waals surface area contributed by atoms with E-state index in [-0.39, 0.29) is 23.5 Å². The van der Waals surface area contributed by atoms with Crippen LogP contribution in [0.2, 0.25) is 0 Å². The number of aliphatic hydroxyl groups is 2. The first-order chi connectivity index (χ1) is 7.88. The van der Waals surface area contributed by atoms with Crippen LogP contribution in [0.3, 0.4) is 0 Å². The highest BCUT2D eigenvalue weighted by Crippen LogP contribution is 2.54. The zero-order valence-electron chi connectivity index (χ0n) is 11.3. The van der Waals surface area contributed by atoms with Crippen LogP contribution in [0.25, 0.3) is 0 Å². The van der Waals surface area contributed by atoms with Gasteiger partial charge in [0.05, 0.1) is 12.2 Å². The van der Waals surface area contributed by atoms with Gasteiger partial charge in [0.1, 0.15) is 0 Å². The summed E-state index contributed by atoms with van der Waals surface area (Å²) in [4.78, 5) is 0. The Morgan fingerprint density at radius 1 is 1.29 bits per heavy atom. The number of hydrogen-bond donors (Lipinski definition) is 2. The first-order valence-corrected chi connectivity index (χ1v) is 6.91. The summed E-state index contributed by atoms with van der Waals surface area (Å²) >= 11 is 0. The monoisotopic (exact) mass is 238 g/mol. The van der Waals surface area contributed by atoms with Gasteiger partial charge in [-0.3, -0.25) is 0 Å². The third-order valence-corrected chi connectivity index (χ3v) is 5.30. The highest BCUT2D eigenvalue weighted by Gasteiger charge is 2.52. The van der Waals surface area contributed by atoms with Gasteiger partial charge in [-0.1, -0.05) is 32.9 Å². The fourth-order valence-electron chi connectivity index (χ4n) is 4.06. The molecule has 17 heavy (non-hydrogen) atoms. The van der Waals surface area contributed by atoms with Crippen LogP contribution in [0.5, 0.6) is 0 Å². The van der Waals surface area contributed by atoms with Crippen molar-refractivity contribution < 1.29 is 10.2 Å². The number of hydrogen-bond acceptors (Lipinski definition) is 2. The SMILES string of the molecule is C=C1CC[C@H](O)[C@@]2(C)CC[C@H](C(C)C)[C@@H](O)[C@H]12. The van der Waals surface area contributed by atoms with Gasteiger partial charge in [-0.15, -0.1) is 0 Å². The molecule has 0 aromatic rings. The molecule has 2 aliphatic rings. The minimum absolute atomic E-state index is 0.0902. The minimum Gasteiger partial charge on any atom is -0.393 e. The van der Waals surface area contributed by atoms with E-state index in [9.17, 15) is 10.2 Å². The zero-order valence-corrected chi connectivity index (χ0v) is 11.3. The fraction of sp³-hybridized carbons (Fsp3) is 0.867. The maximum absolute atomic E-state index is 10.6. The molecule has 0 aromatic carbocycles. The second-order valence-electron chi connectivity index (χ2n) is 6.63. The standard InChI is InChI=1S/C15H26O2/c1-9(2)11-7-8-15(4)12(16)6-5-10(3)13(15)14(11)17/h9,11-14,16-17H,3,5-8H2,1-2,4H3/t11-,12+,13+,14-,15-/m1/s1. The predicted molar refractivity (Wildman–Crippen MR) is 69.5 cm³/mol. The van der Waals surface area contributed by atoms with Crippen LogP contribution < -0.4 is 0 Å². The molecule has 0 heterocycles. The van der Waals surface area contributed by atoms with Gasteiger partial charge in [0.15, 0.2) is 0 Å². The van der Waals surface area contributed by atoms with Gasteiger partial charge in [-0.25, -0.2) is 0 Å². The van der Waals surface area contributed by atoms with Crippen molar-refractivity contribution in [3.8, 4) is 0 Å². The normalized spacial score (nSPS) is 47.1. The third kappa shape index (κ3) is 1.96. The lowest BCUT2D eigenvalue weighted by molar-refractivity contribution is -0.120. The summed E-state index contributed by atoms with van der Waals surface area (Å²) in [6, 6.07) is 0. The van der Waals surface area contributed by atoms with Crippen molar-refractivity contribution in [3.63, 3.8) is 0 Å². The molecule has 0 unspecified atom stereocenters. The molecule has 2 heteroatoms. The van der Waals surface area contributed by atoms with Crippen LogP contribution in [-0.2, 0) is 0 Å². The van der Waals surface area contributed by atoms with E-state index in [0.717, 1.165) is 31.3 Å². The van der Waals surface area contributed by atoms with E-state index < -0.39 is 0 Å². The molecule has 2 saturated carbocycles. The molecule has 5 atom stereocenters. The zero-order chi connectivity index (χ0) is 12.8. The highest BCUT2D eigenvalue weighted by atomic mass is 16.3. The molecule has 2 rings (SSSR count). The van der Waals surface area contributed by atoms with Crippen LogP contribution >= 0.6 is 0 Å². The first-order valence-electron chi connectivity index (χ1n) is 6.91. The quantitative estimate of drug-likeness (QED) is 0.690. The summed E-state index contributed by atoms with van der Waals surface area (Å²) in [5.74, 6) is 0.948. The topological polar surface area (TPSA) is 40.5 Å². The maximum atomic E-state index is 10.6. The van der Waals surface area contributed by atoms with E-state index >= 15 is 0 Å². The van der Waals surface area contributed by atoms with Crippen LogP contribution in [-0.4, -0.2) is 22.4 Å². The van der Waals surface area contributed by atoms with Crippen molar-refractivity contribution >= 4 is 0 Å². The largest absolute Gasteiger partial charge is 0.393 e. The predicted octanol–water partition coefficient (Wildman–Crippen LogP) is 2.75. The molecule has 0 radical (unpaired) electrons. The van der Waals surface area contributed by atoms with E-state index in [1.54, 1.807) is 0 Å². The Morgan fingerprint density at radius 2 is 1.94 bits per heavy atom. The van der Waals surface area contributed by atoms with Crippen molar-refractivity contribution in [1.82, 2.24) is 0 Å². The molecule has 2 nitrogen and oxygen atoms in total. The van der Waals surface area contributed by atoms with Crippen LogP contribution in [0.1, 0.15) is 46.5 Å². The molecule has 0 amide bonds. The van der Waals surface area contributed by atoms with E-state index in [1.807, 2.05) is 0 Å². The van der Waals surface area contributed by atoms with Gasteiger partial charge >= 0.3 is 0 Å². The van der Waals surface area contributed by atoms with Gasteiger partial charge in [-0.05, 0) is 37.5 Å². The molecule has 2 fully saturated rings. The van der Waals surface area contributed by atoms with Crippen molar-refractivity contribution in [2.24, 2.45) is 23.2 Å². The van der Waals surface area contributed by atoms with Crippen molar-refractivity contribution in [1.29, 1.82) is 0 Å². The summed E-state index contributed by atoms with van der Waals surface area (Å²) in [6.07, 6.45) is 3.11. The van der Waals surface area contributed by atoms with E-state index in [1.165, 1.54) is 0 Å². The summed E-state index contributed by atoms with van der Waals surface area (Å²) < 4.78 is 0. The van der Waals surface area contributed by atoms with Gasteiger partial charge in [0, 0.05) is 11.3 Å². The third-order valence-electron chi connectivity index (χ3n) is 5.30. The molecule has 2 aliphatic carbocycles. The Labute approximate surface area is 105 Å². The van der Waals surface area contributed by atoms with E-state index in [4.69, 9.17) is 0 Å². The molecule has 98 valence electrons. The average Bonchev–Trinajstić information content (AvgIpc) is 2.23. The Balaban J connectivity index is 2.29. The molecule has 0 aliphatic heterocycles. The molecular formula is C15H26O2. The second-order valence-corrected chi connectivity index (χ2v) is 6.63. The number of fused-ring (bicyclic) bond motifs is 1. The molecule has 0 saturated heterocycles. The van der Waals surface area contributed by atoms with E-state index in [0.29, 0.717) is 11.8 Å².